The zero-order chi connectivity index (χ0) is 15.0. The molecule has 1 rings (SSSR count). The molecule has 0 saturated carbocycles. The van der Waals surface area contributed by atoms with Gasteiger partial charge >= 0.3 is 0 Å². The first kappa shape index (κ1) is 16.2. The molecule has 0 aliphatic heterocycles. The minimum Gasteiger partial charge on any atom is -0.305 e. The fraction of sp³-hybridized carbons (Fsp3) is 0.316. The van der Waals surface area contributed by atoms with Crippen molar-refractivity contribution < 1.29 is 0 Å². The first-order chi connectivity index (χ1) is 9.56. The van der Waals surface area contributed by atoms with Crippen molar-refractivity contribution in [1.82, 2.24) is 0 Å². The third kappa shape index (κ3) is 5.40. The van der Waals surface area contributed by atoms with Gasteiger partial charge in [-0.05, 0) is 37.8 Å². The van der Waals surface area contributed by atoms with E-state index in [9.17, 15) is 0 Å². The molecule has 1 aromatic rings. The number of hydrogen-bond donors (Lipinski definition) is 1. The summed E-state index contributed by atoms with van der Waals surface area (Å²) < 4.78 is 0. The molecular weight excluding hydrogens is 242 g/mol. The van der Waals surface area contributed by atoms with Crippen LogP contribution in [0.4, 0.5) is 0 Å². The van der Waals surface area contributed by atoms with Gasteiger partial charge in [0, 0.05) is 11.6 Å². The Labute approximate surface area is 123 Å². The predicted molar refractivity (Wildman–Crippen MR) is 89.4 cm³/mol. The molecule has 0 saturated heterocycles. The number of benzene rings is 1. The summed E-state index contributed by atoms with van der Waals surface area (Å²) in [6.07, 6.45) is 6.49. The number of rotatable bonds is 8. The Morgan fingerprint density at radius 3 is 2.50 bits per heavy atom. The lowest BCUT2D eigenvalue weighted by molar-refractivity contribution is 0.661. The Bertz CT molecular complexity index is 494. The highest BCUT2D eigenvalue weighted by Gasteiger charge is 2.11. The van der Waals surface area contributed by atoms with Crippen molar-refractivity contribution in [2.45, 2.75) is 33.1 Å². The van der Waals surface area contributed by atoms with Crippen LogP contribution in [0.25, 0.3) is 0 Å². The van der Waals surface area contributed by atoms with Gasteiger partial charge in [0.05, 0.1) is 0 Å². The van der Waals surface area contributed by atoms with E-state index in [2.05, 4.69) is 51.3 Å². The van der Waals surface area contributed by atoms with E-state index in [0.29, 0.717) is 5.71 Å². The van der Waals surface area contributed by atoms with Crippen LogP contribution >= 0.6 is 0 Å². The lowest BCUT2D eigenvalue weighted by Gasteiger charge is -2.15. The van der Waals surface area contributed by atoms with Gasteiger partial charge in [0.2, 0.25) is 0 Å². The van der Waals surface area contributed by atoms with Gasteiger partial charge in [-0.25, -0.2) is 0 Å². The third-order valence-corrected chi connectivity index (χ3v) is 3.45. The van der Waals surface area contributed by atoms with Crippen LogP contribution in [0.3, 0.4) is 0 Å². The van der Waals surface area contributed by atoms with Crippen molar-refractivity contribution in [3.63, 3.8) is 0 Å². The summed E-state index contributed by atoms with van der Waals surface area (Å²) in [6.45, 7) is 11.8. The summed E-state index contributed by atoms with van der Waals surface area (Å²) in [5.41, 5.74) is 4.19. The summed E-state index contributed by atoms with van der Waals surface area (Å²) in [5, 5.41) is 8.30. The molecule has 1 nitrogen and oxygen atoms in total. The highest BCUT2D eigenvalue weighted by molar-refractivity contribution is 5.95. The van der Waals surface area contributed by atoms with Gasteiger partial charge in [0.15, 0.2) is 0 Å². The molecular formula is C19H25N. The molecule has 1 atom stereocenters. The zero-order valence-corrected chi connectivity index (χ0v) is 12.7. The maximum Gasteiger partial charge on any atom is 0.0347 e. The van der Waals surface area contributed by atoms with Gasteiger partial charge < -0.3 is 5.41 Å². The second-order valence-corrected chi connectivity index (χ2v) is 5.28. The van der Waals surface area contributed by atoms with Gasteiger partial charge in [-0.3, -0.25) is 0 Å². The summed E-state index contributed by atoms with van der Waals surface area (Å²) in [5.74, 6) is 0.282. The monoisotopic (exact) mass is 267 g/mol. The zero-order valence-electron chi connectivity index (χ0n) is 12.7. The molecule has 0 radical (unpaired) electrons. The number of hydrogen-bond acceptors (Lipinski definition) is 1. The minimum atomic E-state index is 0.282. The van der Waals surface area contributed by atoms with Crippen molar-refractivity contribution in [3.8, 4) is 0 Å². The van der Waals surface area contributed by atoms with E-state index in [1.54, 1.807) is 6.08 Å². The molecule has 106 valence electrons. The molecule has 20 heavy (non-hydrogen) atoms. The van der Waals surface area contributed by atoms with Crippen LogP contribution in [0.15, 0.2) is 66.8 Å². The minimum absolute atomic E-state index is 0.282. The van der Waals surface area contributed by atoms with Gasteiger partial charge in [-0.15, -0.1) is 0 Å². The molecule has 0 aromatic heterocycles. The molecule has 0 spiro atoms. The van der Waals surface area contributed by atoms with Crippen LogP contribution in [0.1, 0.15) is 32.3 Å². The smallest absolute Gasteiger partial charge is 0.0347 e. The molecule has 0 heterocycles. The SMILES string of the molecule is C=CC(=C)C/C(C)=C/C(=N)C(CC)Cc1ccccc1. The van der Waals surface area contributed by atoms with E-state index in [4.69, 9.17) is 5.41 Å². The second kappa shape index (κ2) is 8.31. The fourth-order valence-corrected chi connectivity index (χ4v) is 2.24. The van der Waals surface area contributed by atoms with Crippen LogP contribution in [-0.2, 0) is 6.42 Å². The Morgan fingerprint density at radius 1 is 1.30 bits per heavy atom. The highest BCUT2D eigenvalue weighted by Crippen LogP contribution is 2.17. The normalized spacial score (nSPS) is 12.8. The lowest BCUT2D eigenvalue weighted by atomic mass is 9.91. The van der Waals surface area contributed by atoms with Gasteiger partial charge in [-0.1, -0.05) is 67.6 Å². The van der Waals surface area contributed by atoms with Gasteiger partial charge in [-0.2, -0.15) is 0 Å². The van der Waals surface area contributed by atoms with Crippen molar-refractivity contribution in [1.29, 1.82) is 5.41 Å². The molecule has 0 fully saturated rings. The fourth-order valence-electron chi connectivity index (χ4n) is 2.24. The van der Waals surface area contributed by atoms with Gasteiger partial charge in [0.1, 0.15) is 0 Å². The Morgan fingerprint density at radius 2 is 1.95 bits per heavy atom. The van der Waals surface area contributed by atoms with E-state index in [1.165, 1.54) is 11.1 Å². The summed E-state index contributed by atoms with van der Waals surface area (Å²) in [4.78, 5) is 0. The Kier molecular flexibility index (Phi) is 6.72. The van der Waals surface area contributed by atoms with E-state index in [1.807, 2.05) is 12.1 Å². The molecule has 0 amide bonds. The summed E-state index contributed by atoms with van der Waals surface area (Å²) >= 11 is 0. The Balaban J connectivity index is 2.70. The van der Waals surface area contributed by atoms with Crippen LogP contribution < -0.4 is 0 Å². The summed E-state index contributed by atoms with van der Waals surface area (Å²) in [6, 6.07) is 10.4. The van der Waals surface area contributed by atoms with Gasteiger partial charge in [0.25, 0.3) is 0 Å². The van der Waals surface area contributed by atoms with Crippen LogP contribution in [0, 0.1) is 11.3 Å². The molecule has 1 unspecified atom stereocenters. The lowest BCUT2D eigenvalue weighted by Crippen LogP contribution is -2.14. The molecule has 1 aromatic carbocycles. The van der Waals surface area contributed by atoms with Crippen molar-refractivity contribution in [3.05, 3.63) is 72.4 Å². The third-order valence-electron chi connectivity index (χ3n) is 3.45. The number of allylic oxidation sites excluding steroid dienone is 4. The molecule has 1 N–H and O–H groups in total. The molecule has 0 aliphatic carbocycles. The van der Waals surface area contributed by atoms with Crippen LogP contribution in [0.2, 0.25) is 0 Å². The van der Waals surface area contributed by atoms with Crippen molar-refractivity contribution >= 4 is 5.71 Å². The summed E-state index contributed by atoms with van der Waals surface area (Å²) in [7, 11) is 0. The van der Waals surface area contributed by atoms with E-state index in [-0.39, 0.29) is 5.92 Å². The molecule has 1 heteroatoms. The van der Waals surface area contributed by atoms with Crippen LogP contribution in [0.5, 0.6) is 0 Å². The van der Waals surface area contributed by atoms with E-state index < -0.39 is 0 Å². The van der Waals surface area contributed by atoms with Crippen molar-refractivity contribution in [2.24, 2.45) is 5.92 Å². The quantitative estimate of drug-likeness (QED) is 0.484. The highest BCUT2D eigenvalue weighted by atomic mass is 14.4. The topological polar surface area (TPSA) is 23.9 Å². The largest absolute Gasteiger partial charge is 0.305 e. The first-order valence-corrected chi connectivity index (χ1v) is 7.16. The Hall–Kier alpha value is -1.89. The first-order valence-electron chi connectivity index (χ1n) is 7.16. The van der Waals surface area contributed by atoms with Crippen LogP contribution in [-0.4, -0.2) is 5.71 Å². The second-order valence-electron chi connectivity index (χ2n) is 5.28. The molecule has 0 aliphatic rings. The average molecular weight is 267 g/mol. The maximum atomic E-state index is 8.30. The standard InChI is InChI=1S/C19H25N/c1-5-15(3)12-16(4)13-19(20)18(6-2)14-17-10-8-7-9-11-17/h5,7-11,13,18,20H,1,3,6,12,14H2,2,4H3/b16-13+,20-19?. The molecule has 0 bridgehead atoms. The van der Waals surface area contributed by atoms with E-state index in [0.717, 1.165) is 24.8 Å². The maximum absolute atomic E-state index is 8.30. The average Bonchev–Trinajstić information content (AvgIpc) is 2.45. The predicted octanol–water partition coefficient (Wildman–Crippen LogP) is 5.35. The van der Waals surface area contributed by atoms with E-state index >= 15 is 0 Å². The van der Waals surface area contributed by atoms with Crippen molar-refractivity contribution in [2.75, 3.05) is 0 Å². The number of nitrogens with one attached hydrogen (secondary N) is 1.